The Morgan fingerprint density at radius 2 is 1.84 bits per heavy atom. The highest BCUT2D eigenvalue weighted by Crippen LogP contribution is 2.26. The Morgan fingerprint density at radius 1 is 1.11 bits per heavy atom. The van der Waals surface area contributed by atoms with Crippen LogP contribution in [-0.4, -0.2) is 5.91 Å². The Bertz CT molecular complexity index is 649. The molecule has 98 valence electrons. The summed E-state index contributed by atoms with van der Waals surface area (Å²) in [6.45, 7) is 0. The summed E-state index contributed by atoms with van der Waals surface area (Å²) in [4.78, 5) is 12.7. The van der Waals surface area contributed by atoms with Gasteiger partial charge in [0.15, 0.2) is 0 Å². The molecule has 0 spiro atoms. The highest BCUT2D eigenvalue weighted by molar-refractivity contribution is 9.10. The van der Waals surface area contributed by atoms with Crippen molar-refractivity contribution in [1.29, 1.82) is 0 Å². The van der Waals surface area contributed by atoms with Gasteiger partial charge >= 0.3 is 0 Å². The Balaban J connectivity index is 2.23. The van der Waals surface area contributed by atoms with Gasteiger partial charge in [-0.25, -0.2) is 0 Å². The molecule has 0 aliphatic carbocycles. The number of hydrogen-bond acceptors (Lipinski definition) is 2. The Hall–Kier alpha value is -0.680. The van der Waals surface area contributed by atoms with E-state index >= 15 is 0 Å². The first kappa shape index (κ1) is 14.7. The van der Waals surface area contributed by atoms with Gasteiger partial charge in [-0.15, -0.1) is 12.6 Å². The molecule has 0 heterocycles. The standard InChI is InChI=1S/C13H8BrCl2NOS/c14-7-1-3-9(12(19)5-7)13(18)17-8-2-4-10(15)11(16)6-8/h1-6,19H,(H,17,18). The van der Waals surface area contributed by atoms with Gasteiger partial charge in [0.25, 0.3) is 5.91 Å². The molecule has 0 aromatic heterocycles. The minimum Gasteiger partial charge on any atom is -0.322 e. The lowest BCUT2D eigenvalue weighted by Gasteiger charge is -2.08. The van der Waals surface area contributed by atoms with Crippen LogP contribution >= 0.6 is 51.8 Å². The van der Waals surface area contributed by atoms with Crippen LogP contribution in [-0.2, 0) is 0 Å². The quantitative estimate of drug-likeness (QED) is 0.684. The van der Waals surface area contributed by atoms with E-state index in [4.69, 9.17) is 23.2 Å². The summed E-state index contributed by atoms with van der Waals surface area (Å²) in [5.41, 5.74) is 1.06. The molecule has 0 atom stereocenters. The van der Waals surface area contributed by atoms with Crippen LogP contribution in [0.4, 0.5) is 5.69 Å². The summed E-state index contributed by atoms with van der Waals surface area (Å²) in [6.07, 6.45) is 0. The number of rotatable bonds is 2. The van der Waals surface area contributed by atoms with E-state index < -0.39 is 0 Å². The number of carbonyl (C=O) groups excluding carboxylic acids is 1. The van der Waals surface area contributed by atoms with Crippen molar-refractivity contribution in [1.82, 2.24) is 0 Å². The third-order valence-corrected chi connectivity index (χ3v) is 3.98. The lowest BCUT2D eigenvalue weighted by molar-refractivity contribution is 0.102. The summed E-state index contributed by atoms with van der Waals surface area (Å²) >= 11 is 19.3. The fourth-order valence-corrected chi connectivity index (χ4v) is 2.62. The fraction of sp³-hybridized carbons (Fsp3) is 0. The molecule has 0 fully saturated rings. The Morgan fingerprint density at radius 3 is 2.47 bits per heavy atom. The van der Waals surface area contributed by atoms with Gasteiger partial charge in [-0.3, -0.25) is 4.79 Å². The Labute approximate surface area is 134 Å². The molecule has 0 unspecified atom stereocenters. The predicted octanol–water partition coefficient (Wildman–Crippen LogP) is 5.30. The second kappa shape index (κ2) is 6.18. The number of carbonyl (C=O) groups is 1. The molecule has 6 heteroatoms. The molecular weight excluding hydrogens is 369 g/mol. The normalized spacial score (nSPS) is 10.3. The van der Waals surface area contributed by atoms with Crippen LogP contribution in [0, 0.1) is 0 Å². The number of nitrogens with one attached hydrogen (secondary N) is 1. The van der Waals surface area contributed by atoms with Gasteiger partial charge < -0.3 is 5.32 Å². The summed E-state index contributed by atoms with van der Waals surface area (Å²) in [5, 5.41) is 3.57. The van der Waals surface area contributed by atoms with Crippen molar-refractivity contribution in [2.24, 2.45) is 0 Å². The molecule has 1 N–H and O–H groups in total. The van der Waals surface area contributed by atoms with Gasteiger partial charge in [-0.2, -0.15) is 0 Å². The molecule has 0 aliphatic heterocycles. The van der Waals surface area contributed by atoms with Crippen LogP contribution < -0.4 is 5.32 Å². The second-order valence-electron chi connectivity index (χ2n) is 3.74. The average Bonchev–Trinajstić information content (AvgIpc) is 2.33. The van der Waals surface area contributed by atoms with Crippen LogP contribution in [0.1, 0.15) is 10.4 Å². The molecule has 19 heavy (non-hydrogen) atoms. The first-order chi connectivity index (χ1) is 8.97. The van der Waals surface area contributed by atoms with Crippen LogP contribution in [0.25, 0.3) is 0 Å². The maximum atomic E-state index is 12.1. The van der Waals surface area contributed by atoms with Gasteiger partial charge in [-0.1, -0.05) is 39.1 Å². The summed E-state index contributed by atoms with van der Waals surface area (Å²) in [5.74, 6) is -0.254. The molecule has 1 amide bonds. The molecule has 2 aromatic rings. The largest absolute Gasteiger partial charge is 0.322 e. The highest BCUT2D eigenvalue weighted by Gasteiger charge is 2.10. The minimum absolute atomic E-state index is 0.254. The first-order valence-corrected chi connectivity index (χ1v) is 7.22. The van der Waals surface area contributed by atoms with Crippen molar-refractivity contribution in [2.45, 2.75) is 4.90 Å². The molecule has 2 rings (SSSR count). The first-order valence-electron chi connectivity index (χ1n) is 5.22. The zero-order chi connectivity index (χ0) is 14.0. The van der Waals surface area contributed by atoms with E-state index in [1.165, 1.54) is 0 Å². The number of amides is 1. The smallest absolute Gasteiger partial charge is 0.256 e. The third kappa shape index (κ3) is 3.66. The number of halogens is 3. The van der Waals surface area contributed by atoms with Crippen molar-refractivity contribution >= 4 is 63.4 Å². The van der Waals surface area contributed by atoms with E-state index in [-0.39, 0.29) is 5.91 Å². The van der Waals surface area contributed by atoms with E-state index in [2.05, 4.69) is 33.9 Å². The maximum Gasteiger partial charge on any atom is 0.256 e. The van der Waals surface area contributed by atoms with Gasteiger partial charge in [0.1, 0.15) is 0 Å². The number of benzene rings is 2. The van der Waals surface area contributed by atoms with Gasteiger partial charge in [0, 0.05) is 15.1 Å². The Kier molecular flexibility index (Phi) is 4.79. The number of anilines is 1. The highest BCUT2D eigenvalue weighted by atomic mass is 79.9. The third-order valence-electron chi connectivity index (χ3n) is 2.38. The molecule has 0 radical (unpaired) electrons. The van der Waals surface area contributed by atoms with Crippen molar-refractivity contribution in [3.63, 3.8) is 0 Å². The van der Waals surface area contributed by atoms with Crippen molar-refractivity contribution in [3.05, 3.63) is 56.5 Å². The summed E-state index contributed by atoms with van der Waals surface area (Å²) in [7, 11) is 0. The van der Waals surface area contributed by atoms with E-state index in [0.717, 1.165) is 4.47 Å². The zero-order valence-electron chi connectivity index (χ0n) is 9.45. The molecule has 0 aliphatic rings. The second-order valence-corrected chi connectivity index (χ2v) is 5.96. The molecular formula is C13H8BrCl2NOS. The van der Waals surface area contributed by atoms with Gasteiger partial charge in [0.05, 0.1) is 15.6 Å². The lowest BCUT2D eigenvalue weighted by Crippen LogP contribution is -2.12. The van der Waals surface area contributed by atoms with Crippen molar-refractivity contribution in [2.75, 3.05) is 5.32 Å². The number of hydrogen-bond donors (Lipinski definition) is 2. The predicted molar refractivity (Wildman–Crippen MR) is 85.8 cm³/mol. The van der Waals surface area contributed by atoms with Gasteiger partial charge in [-0.05, 0) is 36.4 Å². The van der Waals surface area contributed by atoms with Crippen LogP contribution in [0.2, 0.25) is 10.0 Å². The molecule has 0 bridgehead atoms. The summed E-state index contributed by atoms with van der Waals surface area (Å²) < 4.78 is 0.864. The van der Waals surface area contributed by atoms with Gasteiger partial charge in [0.2, 0.25) is 0 Å². The molecule has 2 aromatic carbocycles. The van der Waals surface area contributed by atoms with Crippen molar-refractivity contribution < 1.29 is 4.79 Å². The molecule has 0 saturated carbocycles. The van der Waals surface area contributed by atoms with E-state index in [9.17, 15) is 4.79 Å². The lowest BCUT2D eigenvalue weighted by atomic mass is 10.2. The monoisotopic (exact) mass is 375 g/mol. The SMILES string of the molecule is O=C(Nc1ccc(Cl)c(Cl)c1)c1ccc(Br)cc1S. The zero-order valence-corrected chi connectivity index (χ0v) is 13.4. The fourth-order valence-electron chi connectivity index (χ4n) is 1.47. The maximum absolute atomic E-state index is 12.1. The summed E-state index contributed by atoms with van der Waals surface area (Å²) in [6, 6.07) is 10.1. The van der Waals surface area contributed by atoms with Crippen LogP contribution in [0.5, 0.6) is 0 Å². The number of thiol groups is 1. The van der Waals surface area contributed by atoms with Crippen LogP contribution in [0.15, 0.2) is 45.8 Å². The van der Waals surface area contributed by atoms with Crippen molar-refractivity contribution in [3.8, 4) is 0 Å². The molecule has 2 nitrogen and oxygen atoms in total. The van der Waals surface area contributed by atoms with E-state index in [0.29, 0.717) is 26.2 Å². The molecule has 0 saturated heterocycles. The minimum atomic E-state index is -0.254. The van der Waals surface area contributed by atoms with E-state index in [1.807, 2.05) is 0 Å². The average molecular weight is 377 g/mol. The van der Waals surface area contributed by atoms with Crippen LogP contribution in [0.3, 0.4) is 0 Å². The topological polar surface area (TPSA) is 29.1 Å². The van der Waals surface area contributed by atoms with E-state index in [1.54, 1.807) is 36.4 Å².